The lowest BCUT2D eigenvalue weighted by atomic mass is 10.0. The molecule has 0 spiro atoms. The summed E-state index contributed by atoms with van der Waals surface area (Å²) in [5.74, 6) is 0.675. The number of H-pyrrole nitrogens is 1. The second kappa shape index (κ2) is 3.95. The summed E-state index contributed by atoms with van der Waals surface area (Å²) >= 11 is 8.99. The molecule has 1 aromatic carbocycles. The molecule has 2 aromatic rings. The molecular formula is C15H19BrN2S. The van der Waals surface area contributed by atoms with Gasteiger partial charge in [-0.25, -0.2) is 0 Å². The highest BCUT2D eigenvalue weighted by molar-refractivity contribution is 9.10. The molecule has 1 fully saturated rings. The van der Waals surface area contributed by atoms with E-state index in [1.165, 1.54) is 5.52 Å². The quantitative estimate of drug-likeness (QED) is 0.751. The van der Waals surface area contributed by atoms with Gasteiger partial charge in [0.2, 0.25) is 0 Å². The van der Waals surface area contributed by atoms with E-state index in [4.69, 9.17) is 12.2 Å². The lowest BCUT2D eigenvalue weighted by molar-refractivity contribution is 0.457. The first-order chi connectivity index (χ1) is 8.75. The average molecular weight is 339 g/mol. The average Bonchev–Trinajstić information content (AvgIpc) is 2.57. The zero-order chi connectivity index (χ0) is 14.0. The maximum Gasteiger partial charge on any atom is 0.178 e. The second-order valence-corrected chi connectivity index (χ2v) is 8.00. The van der Waals surface area contributed by atoms with E-state index in [2.05, 4.69) is 71.4 Å². The minimum atomic E-state index is 0.390. The molecule has 0 bridgehead atoms. The van der Waals surface area contributed by atoms with Crippen LogP contribution in [0.25, 0.3) is 11.0 Å². The van der Waals surface area contributed by atoms with E-state index >= 15 is 0 Å². The maximum absolute atomic E-state index is 5.48. The number of aromatic amines is 1. The largest absolute Gasteiger partial charge is 0.331 e. The van der Waals surface area contributed by atoms with Crippen molar-refractivity contribution in [3.63, 3.8) is 0 Å². The van der Waals surface area contributed by atoms with Crippen molar-refractivity contribution in [2.45, 2.75) is 34.2 Å². The Balaban J connectivity index is 2.03. The van der Waals surface area contributed by atoms with Crippen molar-refractivity contribution >= 4 is 39.2 Å². The molecule has 0 atom stereocenters. The maximum atomic E-state index is 5.48. The van der Waals surface area contributed by atoms with Crippen LogP contribution >= 0.6 is 28.1 Å². The van der Waals surface area contributed by atoms with Crippen molar-refractivity contribution in [1.82, 2.24) is 9.55 Å². The molecule has 19 heavy (non-hydrogen) atoms. The highest BCUT2D eigenvalue weighted by Gasteiger charge is 2.64. The normalized spacial score (nSPS) is 20.9. The van der Waals surface area contributed by atoms with Crippen molar-refractivity contribution < 1.29 is 0 Å². The van der Waals surface area contributed by atoms with Crippen LogP contribution in [-0.4, -0.2) is 9.55 Å². The first kappa shape index (κ1) is 13.4. The van der Waals surface area contributed by atoms with E-state index in [1.54, 1.807) is 0 Å². The summed E-state index contributed by atoms with van der Waals surface area (Å²) in [5, 5.41) is 0. The lowest BCUT2D eigenvalue weighted by Crippen LogP contribution is -2.04. The van der Waals surface area contributed by atoms with Gasteiger partial charge in [0.15, 0.2) is 4.77 Å². The molecule has 0 aliphatic heterocycles. The fraction of sp³-hybridized carbons (Fsp3) is 0.533. The number of benzene rings is 1. The molecule has 1 aromatic heterocycles. The fourth-order valence-corrected chi connectivity index (χ4v) is 3.93. The Kier molecular flexibility index (Phi) is 2.78. The third-order valence-electron chi connectivity index (χ3n) is 5.42. The van der Waals surface area contributed by atoms with Gasteiger partial charge in [-0.1, -0.05) is 43.6 Å². The number of hydrogen-bond acceptors (Lipinski definition) is 1. The molecule has 1 aliphatic carbocycles. The Morgan fingerprint density at radius 1 is 1.26 bits per heavy atom. The number of rotatable bonds is 2. The number of nitrogens with one attached hydrogen (secondary N) is 1. The van der Waals surface area contributed by atoms with Gasteiger partial charge in [0.25, 0.3) is 0 Å². The molecular weight excluding hydrogens is 320 g/mol. The molecule has 1 saturated carbocycles. The Labute approximate surface area is 127 Å². The Hall–Kier alpha value is -0.610. The molecule has 1 heterocycles. The number of hydrogen-bond donors (Lipinski definition) is 1. The monoisotopic (exact) mass is 338 g/mol. The summed E-state index contributed by atoms with van der Waals surface area (Å²) in [5.41, 5.74) is 3.09. The van der Waals surface area contributed by atoms with Gasteiger partial charge in [0, 0.05) is 11.0 Å². The van der Waals surface area contributed by atoms with Gasteiger partial charge in [-0.15, -0.1) is 0 Å². The smallest absolute Gasteiger partial charge is 0.178 e. The molecule has 4 heteroatoms. The summed E-state index contributed by atoms with van der Waals surface area (Å²) in [4.78, 5) is 3.30. The number of imidazole rings is 1. The topological polar surface area (TPSA) is 20.7 Å². The van der Waals surface area contributed by atoms with Gasteiger partial charge < -0.3 is 9.55 Å². The summed E-state index contributed by atoms with van der Waals surface area (Å²) in [6.07, 6.45) is 0. The summed E-state index contributed by atoms with van der Waals surface area (Å²) in [6, 6.07) is 6.30. The van der Waals surface area contributed by atoms with Crippen molar-refractivity contribution in [3.8, 4) is 0 Å². The lowest BCUT2D eigenvalue weighted by Gasteiger charge is -2.06. The third kappa shape index (κ3) is 1.83. The highest BCUT2D eigenvalue weighted by Crippen LogP contribution is 2.68. The summed E-state index contributed by atoms with van der Waals surface area (Å²) in [6.45, 7) is 10.4. The molecule has 1 N–H and O–H groups in total. The van der Waals surface area contributed by atoms with E-state index in [0.717, 1.165) is 21.3 Å². The van der Waals surface area contributed by atoms with E-state index in [9.17, 15) is 0 Å². The summed E-state index contributed by atoms with van der Waals surface area (Å²) < 4.78 is 4.15. The van der Waals surface area contributed by atoms with E-state index in [-0.39, 0.29) is 0 Å². The first-order valence-corrected chi connectivity index (χ1v) is 7.83. The van der Waals surface area contributed by atoms with Gasteiger partial charge in [-0.3, -0.25) is 0 Å². The summed E-state index contributed by atoms with van der Waals surface area (Å²) in [7, 11) is 0. The zero-order valence-electron chi connectivity index (χ0n) is 11.7. The molecule has 0 unspecified atom stereocenters. The molecule has 0 radical (unpaired) electrons. The molecule has 3 rings (SSSR count). The van der Waals surface area contributed by atoms with Crippen LogP contribution in [0.2, 0.25) is 0 Å². The SMILES string of the molecule is CC1(C)C(Cn2c(=S)[nH]c3cc(Br)ccc32)C1(C)C. The number of aromatic nitrogens is 2. The minimum absolute atomic E-state index is 0.390. The van der Waals surface area contributed by atoms with Crippen LogP contribution in [0.15, 0.2) is 22.7 Å². The van der Waals surface area contributed by atoms with Crippen LogP contribution in [-0.2, 0) is 6.54 Å². The predicted molar refractivity (Wildman–Crippen MR) is 85.9 cm³/mol. The Morgan fingerprint density at radius 3 is 2.47 bits per heavy atom. The van der Waals surface area contributed by atoms with Crippen LogP contribution in [0.5, 0.6) is 0 Å². The van der Waals surface area contributed by atoms with Crippen molar-refractivity contribution in [3.05, 3.63) is 27.4 Å². The number of nitrogens with zero attached hydrogens (tertiary/aromatic N) is 1. The number of fused-ring (bicyclic) bond motifs is 1. The van der Waals surface area contributed by atoms with Gasteiger partial charge >= 0.3 is 0 Å². The van der Waals surface area contributed by atoms with Crippen molar-refractivity contribution in [1.29, 1.82) is 0 Å². The van der Waals surface area contributed by atoms with Crippen molar-refractivity contribution in [2.75, 3.05) is 0 Å². The molecule has 0 amide bonds. The van der Waals surface area contributed by atoms with E-state index in [0.29, 0.717) is 16.7 Å². The predicted octanol–water partition coefficient (Wildman–Crippen LogP) is 5.14. The van der Waals surface area contributed by atoms with E-state index in [1.807, 2.05) is 0 Å². The Bertz CT molecular complexity index is 694. The molecule has 0 saturated heterocycles. The van der Waals surface area contributed by atoms with E-state index < -0.39 is 0 Å². The van der Waals surface area contributed by atoms with Gasteiger partial charge in [0.05, 0.1) is 11.0 Å². The minimum Gasteiger partial charge on any atom is -0.331 e. The third-order valence-corrected chi connectivity index (χ3v) is 6.24. The standard InChI is InChI=1S/C15H19BrN2S/c1-14(2)12(15(14,3)4)8-18-11-6-5-9(16)7-10(11)17-13(18)19/h5-7,12H,8H2,1-4H3,(H,17,19). The van der Waals surface area contributed by atoms with Crippen molar-refractivity contribution in [2.24, 2.45) is 16.7 Å². The fourth-order valence-electron chi connectivity index (χ4n) is 3.29. The van der Waals surface area contributed by atoms with Crippen LogP contribution in [0.1, 0.15) is 27.7 Å². The zero-order valence-corrected chi connectivity index (χ0v) is 14.2. The molecule has 1 aliphatic rings. The van der Waals surface area contributed by atoms with Crippen LogP contribution in [0, 0.1) is 21.5 Å². The number of halogens is 1. The van der Waals surface area contributed by atoms with Crippen LogP contribution in [0.3, 0.4) is 0 Å². The van der Waals surface area contributed by atoms with Gasteiger partial charge in [0.1, 0.15) is 0 Å². The van der Waals surface area contributed by atoms with Crippen LogP contribution in [0.4, 0.5) is 0 Å². The second-order valence-electron chi connectivity index (χ2n) is 6.70. The Morgan fingerprint density at radius 2 is 1.89 bits per heavy atom. The molecule has 102 valence electrons. The highest BCUT2D eigenvalue weighted by atomic mass is 79.9. The van der Waals surface area contributed by atoms with Crippen LogP contribution < -0.4 is 0 Å². The first-order valence-electron chi connectivity index (χ1n) is 6.63. The van der Waals surface area contributed by atoms with Gasteiger partial charge in [-0.05, 0) is 47.2 Å². The van der Waals surface area contributed by atoms with Gasteiger partial charge in [-0.2, -0.15) is 0 Å². The molecule has 2 nitrogen and oxygen atoms in total.